The van der Waals surface area contributed by atoms with Crippen molar-refractivity contribution >= 4 is 23.2 Å². The third-order valence-corrected chi connectivity index (χ3v) is 4.14. The minimum Gasteiger partial charge on any atom is -0.380 e. The molecule has 1 rings (SSSR count). The molecular formula is C15H23Cl2NO. The first-order valence-electron chi connectivity index (χ1n) is 6.83. The first-order chi connectivity index (χ1) is 9.13. The number of rotatable bonds is 8. The van der Waals surface area contributed by atoms with Crippen LogP contribution in [-0.2, 0) is 11.2 Å². The van der Waals surface area contributed by atoms with Crippen LogP contribution in [-0.4, -0.2) is 25.8 Å². The van der Waals surface area contributed by atoms with Crippen LogP contribution in [0.2, 0.25) is 10.0 Å². The monoisotopic (exact) mass is 303 g/mol. The van der Waals surface area contributed by atoms with Gasteiger partial charge in [-0.15, -0.1) is 0 Å². The van der Waals surface area contributed by atoms with Crippen LogP contribution >= 0.6 is 23.2 Å². The molecule has 0 saturated heterocycles. The van der Waals surface area contributed by atoms with E-state index in [9.17, 15) is 0 Å². The number of halogens is 2. The van der Waals surface area contributed by atoms with Crippen LogP contribution in [0.5, 0.6) is 0 Å². The van der Waals surface area contributed by atoms with Crippen molar-refractivity contribution in [2.45, 2.75) is 45.3 Å². The Morgan fingerprint density at radius 1 is 1.26 bits per heavy atom. The molecule has 0 amide bonds. The van der Waals surface area contributed by atoms with E-state index in [0.717, 1.165) is 31.4 Å². The zero-order valence-corrected chi connectivity index (χ0v) is 13.4. The van der Waals surface area contributed by atoms with Crippen molar-refractivity contribution in [3.63, 3.8) is 0 Å². The second-order valence-electron chi connectivity index (χ2n) is 4.66. The lowest BCUT2D eigenvalue weighted by Gasteiger charge is -2.26. The number of hydrogen-bond acceptors (Lipinski definition) is 2. The quantitative estimate of drug-likeness (QED) is 0.772. The van der Waals surface area contributed by atoms with Crippen molar-refractivity contribution < 1.29 is 4.74 Å². The van der Waals surface area contributed by atoms with Crippen LogP contribution in [0.15, 0.2) is 18.2 Å². The van der Waals surface area contributed by atoms with Gasteiger partial charge in [0.2, 0.25) is 0 Å². The van der Waals surface area contributed by atoms with Gasteiger partial charge in [0, 0.05) is 13.2 Å². The fraction of sp³-hybridized carbons (Fsp3) is 0.600. The van der Waals surface area contributed by atoms with Crippen LogP contribution in [0.4, 0.5) is 0 Å². The Morgan fingerprint density at radius 2 is 2.00 bits per heavy atom. The number of ether oxygens (including phenoxy) is 1. The first-order valence-corrected chi connectivity index (χ1v) is 7.58. The smallest absolute Gasteiger partial charge is 0.0724 e. The van der Waals surface area contributed by atoms with Gasteiger partial charge in [0.05, 0.1) is 16.1 Å². The second kappa shape index (κ2) is 8.80. The maximum atomic E-state index is 6.26. The summed E-state index contributed by atoms with van der Waals surface area (Å²) in [4.78, 5) is 0. The number of methoxy groups -OCH3 is 1. The van der Waals surface area contributed by atoms with Crippen LogP contribution < -0.4 is 5.32 Å². The van der Waals surface area contributed by atoms with Crippen LogP contribution in [0, 0.1) is 0 Å². The Bertz CT molecular complexity index is 380. The molecule has 2 unspecified atom stereocenters. The first kappa shape index (κ1) is 16.8. The van der Waals surface area contributed by atoms with Gasteiger partial charge in [-0.2, -0.15) is 0 Å². The summed E-state index contributed by atoms with van der Waals surface area (Å²) in [6, 6.07) is 6.03. The predicted octanol–water partition coefficient (Wildman–Crippen LogP) is 4.33. The summed E-state index contributed by atoms with van der Waals surface area (Å²) in [5, 5.41) is 4.80. The molecule has 0 spiro atoms. The Hall–Kier alpha value is -0.280. The number of nitrogens with one attached hydrogen (secondary N) is 1. The minimum absolute atomic E-state index is 0.182. The average molecular weight is 304 g/mol. The average Bonchev–Trinajstić information content (AvgIpc) is 2.42. The zero-order chi connectivity index (χ0) is 14.3. The molecular weight excluding hydrogens is 281 g/mol. The van der Waals surface area contributed by atoms with Gasteiger partial charge in [0.1, 0.15) is 0 Å². The number of benzene rings is 1. The minimum atomic E-state index is 0.182. The van der Waals surface area contributed by atoms with E-state index in [1.807, 2.05) is 18.2 Å². The fourth-order valence-corrected chi connectivity index (χ4v) is 2.62. The molecule has 1 N–H and O–H groups in total. The molecule has 0 heterocycles. The van der Waals surface area contributed by atoms with E-state index in [2.05, 4.69) is 19.2 Å². The summed E-state index contributed by atoms with van der Waals surface area (Å²) in [6.07, 6.45) is 3.07. The topological polar surface area (TPSA) is 21.3 Å². The molecule has 4 heteroatoms. The molecule has 0 fully saturated rings. The summed E-state index contributed by atoms with van der Waals surface area (Å²) in [5.74, 6) is 0. The summed E-state index contributed by atoms with van der Waals surface area (Å²) in [6.45, 7) is 5.27. The third kappa shape index (κ3) is 4.96. The second-order valence-corrected chi connectivity index (χ2v) is 5.45. The van der Waals surface area contributed by atoms with Gasteiger partial charge in [-0.3, -0.25) is 0 Å². The Labute approximate surface area is 126 Å². The van der Waals surface area contributed by atoms with E-state index in [-0.39, 0.29) is 12.1 Å². The van der Waals surface area contributed by atoms with Gasteiger partial charge >= 0.3 is 0 Å². The van der Waals surface area contributed by atoms with Crippen molar-refractivity contribution in [1.29, 1.82) is 0 Å². The highest BCUT2D eigenvalue weighted by Crippen LogP contribution is 2.27. The van der Waals surface area contributed by atoms with Gasteiger partial charge in [0.25, 0.3) is 0 Å². The van der Waals surface area contributed by atoms with Crippen molar-refractivity contribution in [2.75, 3.05) is 13.7 Å². The maximum absolute atomic E-state index is 6.26. The highest BCUT2D eigenvalue weighted by molar-refractivity contribution is 6.42. The molecule has 2 nitrogen and oxygen atoms in total. The highest BCUT2D eigenvalue weighted by atomic mass is 35.5. The SMILES string of the molecule is CCCNC(Cc1cccc(Cl)c1Cl)C(CC)OC. The molecule has 108 valence electrons. The van der Waals surface area contributed by atoms with Crippen LogP contribution in [0.25, 0.3) is 0 Å². The van der Waals surface area contributed by atoms with E-state index >= 15 is 0 Å². The molecule has 0 bridgehead atoms. The van der Waals surface area contributed by atoms with Crippen molar-refractivity contribution in [3.8, 4) is 0 Å². The Balaban J connectivity index is 2.83. The van der Waals surface area contributed by atoms with Gasteiger partial charge in [-0.25, -0.2) is 0 Å². The lowest BCUT2D eigenvalue weighted by Crippen LogP contribution is -2.42. The molecule has 2 atom stereocenters. The fourth-order valence-electron chi connectivity index (χ4n) is 2.22. The zero-order valence-electron chi connectivity index (χ0n) is 11.9. The Kier molecular flexibility index (Phi) is 7.77. The van der Waals surface area contributed by atoms with Crippen molar-refractivity contribution in [1.82, 2.24) is 5.32 Å². The number of hydrogen-bond donors (Lipinski definition) is 1. The molecule has 0 aliphatic heterocycles. The molecule has 19 heavy (non-hydrogen) atoms. The van der Waals surface area contributed by atoms with Crippen molar-refractivity contribution in [3.05, 3.63) is 33.8 Å². The van der Waals surface area contributed by atoms with E-state index in [4.69, 9.17) is 27.9 Å². The normalized spacial score (nSPS) is 14.4. The molecule has 0 aliphatic rings. The van der Waals surface area contributed by atoms with E-state index in [1.54, 1.807) is 7.11 Å². The van der Waals surface area contributed by atoms with Crippen molar-refractivity contribution in [2.24, 2.45) is 0 Å². The maximum Gasteiger partial charge on any atom is 0.0724 e. The van der Waals surface area contributed by atoms with E-state index in [0.29, 0.717) is 10.0 Å². The van der Waals surface area contributed by atoms with E-state index < -0.39 is 0 Å². The van der Waals surface area contributed by atoms with Crippen LogP contribution in [0.3, 0.4) is 0 Å². The van der Waals surface area contributed by atoms with Gasteiger partial charge in [0.15, 0.2) is 0 Å². The largest absolute Gasteiger partial charge is 0.380 e. The van der Waals surface area contributed by atoms with Crippen LogP contribution in [0.1, 0.15) is 32.3 Å². The predicted molar refractivity (Wildman–Crippen MR) is 83.3 cm³/mol. The highest BCUT2D eigenvalue weighted by Gasteiger charge is 2.20. The summed E-state index contributed by atoms with van der Waals surface area (Å²) in [5.41, 5.74) is 1.07. The van der Waals surface area contributed by atoms with Gasteiger partial charge in [-0.1, -0.05) is 49.2 Å². The van der Waals surface area contributed by atoms with Gasteiger partial charge < -0.3 is 10.1 Å². The lowest BCUT2D eigenvalue weighted by atomic mass is 9.99. The molecule has 0 radical (unpaired) electrons. The summed E-state index contributed by atoms with van der Waals surface area (Å²) in [7, 11) is 1.76. The Morgan fingerprint density at radius 3 is 2.58 bits per heavy atom. The molecule has 0 saturated carbocycles. The molecule has 1 aromatic carbocycles. The van der Waals surface area contributed by atoms with E-state index in [1.165, 1.54) is 0 Å². The molecule has 0 aromatic heterocycles. The third-order valence-electron chi connectivity index (χ3n) is 3.28. The standard InChI is InChI=1S/C15H23Cl2NO/c1-4-9-18-13(14(5-2)19-3)10-11-7-6-8-12(16)15(11)17/h6-8,13-14,18H,4-5,9-10H2,1-3H3. The summed E-state index contributed by atoms with van der Waals surface area (Å²) < 4.78 is 5.56. The molecule has 1 aromatic rings. The van der Waals surface area contributed by atoms with Gasteiger partial charge in [-0.05, 0) is 37.4 Å². The lowest BCUT2D eigenvalue weighted by molar-refractivity contribution is 0.0653. The molecule has 0 aliphatic carbocycles. The summed E-state index contributed by atoms with van der Waals surface area (Å²) >= 11 is 12.3.